The lowest BCUT2D eigenvalue weighted by atomic mass is 9.71. The summed E-state index contributed by atoms with van der Waals surface area (Å²) in [5.74, 6) is -1.29. The van der Waals surface area contributed by atoms with Crippen molar-refractivity contribution in [2.75, 3.05) is 0 Å². The lowest BCUT2D eigenvalue weighted by Gasteiger charge is -2.37. The van der Waals surface area contributed by atoms with Crippen molar-refractivity contribution < 1.29 is 26.4 Å². The maximum Gasteiger partial charge on any atom is 0.268 e. The van der Waals surface area contributed by atoms with E-state index in [2.05, 4.69) is 0 Å². The SMILES string of the molecule is O=C1C[C@H](c2ccccc2)[C@@]2(c3ccccc3)c3ccccc3S(=O)(=O)N12.O=C1C[C@H](c2ccccc2)[C@@]2(c3ccccc3)c3ccccc3S(=O)(=O)N12. The third kappa shape index (κ3) is 4.53. The molecule has 0 spiro atoms. The number of carbonyl (C=O) groups is 2. The third-order valence-corrected chi connectivity index (χ3v) is 15.1. The van der Waals surface area contributed by atoms with Gasteiger partial charge in [0.2, 0.25) is 11.8 Å². The Morgan fingerprint density at radius 1 is 0.407 bits per heavy atom. The normalized spacial score (nSPS) is 25.3. The van der Waals surface area contributed by atoms with Gasteiger partial charge >= 0.3 is 0 Å². The summed E-state index contributed by atoms with van der Waals surface area (Å²) in [5.41, 5.74) is 2.82. The molecule has 2 amide bonds. The topological polar surface area (TPSA) is 109 Å². The van der Waals surface area contributed by atoms with Crippen LogP contribution < -0.4 is 0 Å². The van der Waals surface area contributed by atoms with E-state index in [4.69, 9.17) is 0 Å². The molecule has 0 radical (unpaired) electrons. The average Bonchev–Trinajstić information content (AvgIpc) is 3.85. The minimum atomic E-state index is -3.90. The number of amides is 2. The Bertz CT molecular complexity index is 2470. The fraction of sp³-hybridized carbons (Fsp3) is 0.136. The number of nitrogens with zero attached hydrogens (tertiary/aromatic N) is 2. The number of benzene rings is 6. The standard InChI is InChI=1S/2C22H17NO3S/c2*24-21-15-19(16-9-3-1-4-10-16)22(17-11-5-2-6-12-17)18-13-7-8-14-20(18)27(25,26)23(21)22/h2*1-14,19H,15H2/t2*19-,22-/m11/s1. The molecule has 4 aliphatic rings. The first kappa shape index (κ1) is 34.0. The van der Waals surface area contributed by atoms with Crippen LogP contribution in [0.15, 0.2) is 180 Å². The molecule has 0 unspecified atom stereocenters. The molecule has 0 aliphatic carbocycles. The van der Waals surface area contributed by atoms with Crippen molar-refractivity contribution in [1.82, 2.24) is 8.61 Å². The first-order chi connectivity index (χ1) is 26.2. The summed E-state index contributed by atoms with van der Waals surface area (Å²) in [5, 5.41) is 0. The fourth-order valence-electron chi connectivity index (χ4n) is 9.36. The van der Waals surface area contributed by atoms with Crippen LogP contribution in [0.1, 0.15) is 58.1 Å². The van der Waals surface area contributed by atoms with Crippen molar-refractivity contribution in [3.63, 3.8) is 0 Å². The quantitative estimate of drug-likeness (QED) is 0.187. The van der Waals surface area contributed by atoms with Gasteiger partial charge in [-0.3, -0.25) is 9.59 Å². The molecule has 6 aromatic rings. The van der Waals surface area contributed by atoms with E-state index in [9.17, 15) is 26.4 Å². The van der Waals surface area contributed by atoms with Crippen molar-refractivity contribution in [3.8, 4) is 0 Å². The third-order valence-electron chi connectivity index (χ3n) is 11.3. The maximum absolute atomic E-state index is 13.3. The zero-order chi connectivity index (χ0) is 37.3. The monoisotopic (exact) mass is 750 g/mol. The summed E-state index contributed by atoms with van der Waals surface area (Å²) in [6.45, 7) is 0. The zero-order valence-electron chi connectivity index (χ0n) is 28.9. The predicted molar refractivity (Wildman–Crippen MR) is 203 cm³/mol. The smallest absolute Gasteiger partial charge is 0.268 e. The molecule has 10 heteroatoms. The Balaban J connectivity index is 0.000000142. The van der Waals surface area contributed by atoms with Crippen LogP contribution in [0.4, 0.5) is 0 Å². The molecule has 268 valence electrons. The summed E-state index contributed by atoms with van der Waals surface area (Å²) >= 11 is 0. The lowest BCUT2D eigenvalue weighted by Crippen LogP contribution is -2.44. The molecule has 4 heterocycles. The van der Waals surface area contributed by atoms with Crippen LogP contribution in [0.5, 0.6) is 0 Å². The summed E-state index contributed by atoms with van der Waals surface area (Å²) in [6, 6.07) is 52.4. The van der Waals surface area contributed by atoms with Gasteiger partial charge in [-0.15, -0.1) is 0 Å². The van der Waals surface area contributed by atoms with Gasteiger partial charge in [-0.05, 0) is 34.4 Å². The van der Waals surface area contributed by atoms with E-state index in [-0.39, 0.29) is 46.3 Å². The molecular formula is C44H34N2O6S2. The highest BCUT2D eigenvalue weighted by Crippen LogP contribution is 2.62. The fourth-order valence-corrected chi connectivity index (χ4v) is 13.4. The van der Waals surface area contributed by atoms with E-state index in [1.54, 1.807) is 24.3 Å². The van der Waals surface area contributed by atoms with Crippen LogP contribution in [0, 0.1) is 0 Å². The summed E-state index contributed by atoms with van der Waals surface area (Å²) in [6.07, 6.45) is 0.318. The largest absolute Gasteiger partial charge is 0.274 e. The molecule has 4 aliphatic heterocycles. The molecule has 2 fully saturated rings. The highest BCUT2D eigenvalue weighted by atomic mass is 32.2. The highest BCUT2D eigenvalue weighted by Gasteiger charge is 2.67. The van der Waals surface area contributed by atoms with Crippen LogP contribution in [0.25, 0.3) is 0 Å². The molecule has 0 bridgehead atoms. The molecule has 0 aromatic heterocycles. The van der Waals surface area contributed by atoms with Gasteiger partial charge in [0.1, 0.15) is 11.1 Å². The van der Waals surface area contributed by atoms with Gasteiger partial charge in [-0.1, -0.05) is 158 Å². The molecule has 0 saturated carbocycles. The number of carbonyl (C=O) groups excluding carboxylic acids is 2. The van der Waals surface area contributed by atoms with Gasteiger partial charge in [0, 0.05) is 35.8 Å². The minimum Gasteiger partial charge on any atom is -0.274 e. The van der Waals surface area contributed by atoms with Crippen LogP contribution in [0.3, 0.4) is 0 Å². The zero-order valence-corrected chi connectivity index (χ0v) is 30.5. The van der Waals surface area contributed by atoms with Crippen LogP contribution >= 0.6 is 0 Å². The number of rotatable bonds is 4. The minimum absolute atomic E-state index is 0.159. The van der Waals surface area contributed by atoms with Gasteiger partial charge in [-0.2, -0.15) is 0 Å². The van der Waals surface area contributed by atoms with Crippen molar-refractivity contribution in [2.45, 2.75) is 45.5 Å². The van der Waals surface area contributed by atoms with Crippen molar-refractivity contribution in [2.24, 2.45) is 0 Å². The molecule has 54 heavy (non-hydrogen) atoms. The van der Waals surface area contributed by atoms with E-state index in [1.165, 1.54) is 0 Å². The van der Waals surface area contributed by atoms with Gasteiger partial charge in [0.25, 0.3) is 20.0 Å². The van der Waals surface area contributed by atoms with Crippen molar-refractivity contribution in [3.05, 3.63) is 203 Å². The van der Waals surface area contributed by atoms with Gasteiger partial charge < -0.3 is 0 Å². The first-order valence-corrected chi connectivity index (χ1v) is 20.6. The van der Waals surface area contributed by atoms with Gasteiger partial charge in [-0.25, -0.2) is 25.4 Å². The van der Waals surface area contributed by atoms with E-state index in [1.807, 2.05) is 146 Å². The van der Waals surface area contributed by atoms with E-state index < -0.39 is 31.1 Å². The number of fused-ring (bicyclic) bond motifs is 6. The Kier molecular flexibility index (Phi) is 7.77. The second kappa shape index (κ2) is 12.4. The summed E-state index contributed by atoms with van der Waals surface area (Å²) in [7, 11) is -7.79. The summed E-state index contributed by atoms with van der Waals surface area (Å²) < 4.78 is 55.6. The highest BCUT2D eigenvalue weighted by molar-refractivity contribution is 7.90. The number of hydrogen-bond donors (Lipinski definition) is 0. The molecule has 4 atom stereocenters. The van der Waals surface area contributed by atoms with Gasteiger partial charge in [0.05, 0.1) is 9.79 Å². The van der Waals surface area contributed by atoms with Gasteiger partial charge in [0.15, 0.2) is 0 Å². The Labute approximate surface area is 314 Å². The predicted octanol–water partition coefficient (Wildman–Crippen LogP) is 7.30. The second-order valence-corrected chi connectivity index (χ2v) is 17.4. The van der Waals surface area contributed by atoms with E-state index in [0.717, 1.165) is 30.9 Å². The number of hydrogen-bond acceptors (Lipinski definition) is 6. The molecule has 10 rings (SSSR count). The van der Waals surface area contributed by atoms with Crippen molar-refractivity contribution >= 4 is 31.9 Å². The Morgan fingerprint density at radius 3 is 1.06 bits per heavy atom. The van der Waals surface area contributed by atoms with Crippen LogP contribution in [0.2, 0.25) is 0 Å². The lowest BCUT2D eigenvalue weighted by molar-refractivity contribution is -0.126. The average molecular weight is 751 g/mol. The van der Waals surface area contributed by atoms with Crippen molar-refractivity contribution in [1.29, 1.82) is 0 Å². The molecule has 2 saturated heterocycles. The Hall–Kier alpha value is -5.84. The van der Waals surface area contributed by atoms with Crippen LogP contribution in [-0.2, 0) is 40.7 Å². The van der Waals surface area contributed by atoms with E-state index in [0.29, 0.717) is 11.1 Å². The molecule has 8 nitrogen and oxygen atoms in total. The van der Waals surface area contributed by atoms with Crippen LogP contribution in [-0.4, -0.2) is 37.3 Å². The van der Waals surface area contributed by atoms with E-state index >= 15 is 0 Å². The Morgan fingerprint density at radius 2 is 0.704 bits per heavy atom. The second-order valence-electron chi connectivity index (χ2n) is 13.9. The first-order valence-electron chi connectivity index (χ1n) is 17.7. The molecule has 6 aromatic carbocycles. The molecular weight excluding hydrogens is 717 g/mol. The summed E-state index contributed by atoms with van der Waals surface area (Å²) in [4.78, 5) is 26.5. The number of sulfonamides is 2. The maximum atomic E-state index is 13.3. The molecule has 0 N–H and O–H groups in total.